The number of halogens is 2. The molecule has 0 bridgehead atoms. The van der Waals surface area contributed by atoms with Gasteiger partial charge in [-0.3, -0.25) is 13.9 Å². The number of amides is 2. The number of nitrogens with one attached hydrogen (secondary N) is 1. The molecule has 1 N–H and O–H groups in total. The van der Waals surface area contributed by atoms with Gasteiger partial charge in [0.2, 0.25) is 11.8 Å². The number of carbonyl (C=O) groups excluding carboxylic acids is 2. The first kappa shape index (κ1) is 30.5. The van der Waals surface area contributed by atoms with Crippen molar-refractivity contribution < 1.29 is 18.0 Å². The van der Waals surface area contributed by atoms with Crippen molar-refractivity contribution in [1.29, 1.82) is 0 Å². The van der Waals surface area contributed by atoms with Gasteiger partial charge in [-0.05, 0) is 68.3 Å². The minimum absolute atomic E-state index is 0.0348. The number of hydrogen-bond donors (Lipinski definition) is 1. The van der Waals surface area contributed by atoms with E-state index in [4.69, 9.17) is 23.2 Å². The van der Waals surface area contributed by atoms with Gasteiger partial charge in [-0.15, -0.1) is 0 Å². The van der Waals surface area contributed by atoms with Crippen LogP contribution in [0.1, 0.15) is 37.8 Å². The third-order valence-electron chi connectivity index (χ3n) is 6.22. The lowest BCUT2D eigenvalue weighted by molar-refractivity contribution is -0.139. The molecular weight excluding hydrogens is 557 g/mol. The fraction of sp³-hybridized carbons (Fsp3) is 0.310. The van der Waals surface area contributed by atoms with Gasteiger partial charge in [0.15, 0.2) is 0 Å². The predicted molar refractivity (Wildman–Crippen MR) is 157 cm³/mol. The topological polar surface area (TPSA) is 86.8 Å². The Balaban J connectivity index is 2.00. The largest absolute Gasteiger partial charge is 0.354 e. The highest BCUT2D eigenvalue weighted by atomic mass is 35.5. The van der Waals surface area contributed by atoms with Crippen molar-refractivity contribution >= 4 is 50.7 Å². The number of nitrogens with zero attached hydrogens (tertiary/aromatic N) is 2. The average molecular weight is 591 g/mol. The fourth-order valence-electron chi connectivity index (χ4n) is 3.95. The molecule has 0 aliphatic rings. The van der Waals surface area contributed by atoms with E-state index in [-0.39, 0.29) is 23.0 Å². The van der Waals surface area contributed by atoms with Crippen LogP contribution in [-0.2, 0) is 26.2 Å². The molecule has 3 aromatic carbocycles. The first-order chi connectivity index (χ1) is 18.5. The molecule has 1 atom stereocenters. The summed E-state index contributed by atoms with van der Waals surface area (Å²) in [5.41, 5.74) is 1.84. The van der Waals surface area contributed by atoms with Crippen LogP contribution in [0.25, 0.3) is 0 Å². The van der Waals surface area contributed by atoms with E-state index in [1.165, 1.54) is 23.1 Å². The molecule has 10 heteroatoms. The smallest absolute Gasteiger partial charge is 0.264 e. The van der Waals surface area contributed by atoms with Crippen LogP contribution in [0.5, 0.6) is 0 Å². The van der Waals surface area contributed by atoms with Crippen molar-refractivity contribution in [3.05, 3.63) is 94.0 Å². The second-order valence-corrected chi connectivity index (χ2v) is 12.0. The normalized spacial score (nSPS) is 12.0. The molecule has 7 nitrogen and oxygen atoms in total. The van der Waals surface area contributed by atoms with Crippen molar-refractivity contribution in [3.8, 4) is 0 Å². The van der Waals surface area contributed by atoms with E-state index >= 15 is 0 Å². The summed E-state index contributed by atoms with van der Waals surface area (Å²) in [4.78, 5) is 28.3. The maximum atomic E-state index is 13.9. The molecule has 0 radical (unpaired) electrons. The van der Waals surface area contributed by atoms with Crippen molar-refractivity contribution in [3.63, 3.8) is 0 Å². The number of carbonyl (C=O) groups is 2. The standard InChI is InChI=1S/C29H33Cl2N3O4S/c1-4-5-16-32-29(36)22(3)33(19-23-8-6-9-24(30)17-23)28(35)20-34(26-11-7-10-25(31)18-26)39(37,38)27-14-12-21(2)13-15-27/h6-15,17-18,22H,4-5,16,19-20H2,1-3H3,(H,32,36). The molecule has 0 saturated heterocycles. The molecular formula is C29H33Cl2N3O4S. The zero-order valence-electron chi connectivity index (χ0n) is 22.2. The highest BCUT2D eigenvalue weighted by Crippen LogP contribution is 2.27. The maximum Gasteiger partial charge on any atom is 0.264 e. The van der Waals surface area contributed by atoms with Crippen molar-refractivity contribution in [2.75, 3.05) is 17.4 Å². The Kier molecular flexibility index (Phi) is 10.8. The zero-order chi connectivity index (χ0) is 28.6. The van der Waals surface area contributed by atoms with Gasteiger partial charge in [-0.2, -0.15) is 0 Å². The molecule has 1 unspecified atom stereocenters. The second-order valence-electron chi connectivity index (χ2n) is 9.28. The first-order valence-corrected chi connectivity index (χ1v) is 14.9. The molecule has 3 rings (SSSR count). The van der Waals surface area contributed by atoms with Crippen molar-refractivity contribution in [2.24, 2.45) is 0 Å². The van der Waals surface area contributed by atoms with Crippen LogP contribution in [0.3, 0.4) is 0 Å². The summed E-state index contributed by atoms with van der Waals surface area (Å²) < 4.78 is 28.6. The summed E-state index contributed by atoms with van der Waals surface area (Å²) in [6.45, 7) is 5.51. The molecule has 0 heterocycles. The number of anilines is 1. The number of rotatable bonds is 12. The Morgan fingerprint density at radius 2 is 1.59 bits per heavy atom. The van der Waals surface area contributed by atoms with Gasteiger partial charge in [0, 0.05) is 23.1 Å². The molecule has 0 aromatic heterocycles. The maximum absolute atomic E-state index is 13.9. The third-order valence-corrected chi connectivity index (χ3v) is 8.48. The van der Waals surface area contributed by atoms with Crippen LogP contribution < -0.4 is 9.62 Å². The van der Waals surface area contributed by atoms with E-state index in [0.717, 1.165) is 22.7 Å². The molecule has 0 aliphatic carbocycles. The molecule has 0 spiro atoms. The van der Waals surface area contributed by atoms with Gasteiger partial charge in [-0.1, -0.05) is 72.4 Å². The average Bonchev–Trinajstić information content (AvgIpc) is 2.90. The van der Waals surface area contributed by atoms with Gasteiger partial charge >= 0.3 is 0 Å². The van der Waals surface area contributed by atoms with Crippen molar-refractivity contribution in [1.82, 2.24) is 10.2 Å². The summed E-state index contributed by atoms with van der Waals surface area (Å²) in [7, 11) is -4.15. The van der Waals surface area contributed by atoms with Crippen LogP contribution in [-0.4, -0.2) is 44.3 Å². The second kappa shape index (κ2) is 13.8. The predicted octanol–water partition coefficient (Wildman–Crippen LogP) is 5.83. The highest BCUT2D eigenvalue weighted by molar-refractivity contribution is 7.92. The zero-order valence-corrected chi connectivity index (χ0v) is 24.6. The number of aryl methyl sites for hydroxylation is 1. The van der Waals surface area contributed by atoms with E-state index in [2.05, 4.69) is 5.32 Å². The van der Waals surface area contributed by atoms with Gasteiger partial charge in [0.25, 0.3) is 10.0 Å². The number of hydrogen-bond acceptors (Lipinski definition) is 4. The fourth-order valence-corrected chi connectivity index (χ4v) is 5.75. The minimum atomic E-state index is -4.15. The highest BCUT2D eigenvalue weighted by Gasteiger charge is 2.32. The summed E-state index contributed by atoms with van der Waals surface area (Å²) in [5, 5.41) is 3.67. The number of unbranched alkanes of at least 4 members (excludes halogenated alkanes) is 1. The van der Waals surface area contributed by atoms with Crippen LogP contribution in [0.15, 0.2) is 77.7 Å². The summed E-state index contributed by atoms with van der Waals surface area (Å²) in [6, 6.07) is 18.8. The van der Waals surface area contributed by atoms with E-state index < -0.39 is 28.5 Å². The molecule has 3 aromatic rings. The van der Waals surface area contributed by atoms with E-state index in [0.29, 0.717) is 22.2 Å². The van der Waals surface area contributed by atoms with Gasteiger partial charge in [0.05, 0.1) is 10.6 Å². The molecule has 39 heavy (non-hydrogen) atoms. The molecule has 208 valence electrons. The van der Waals surface area contributed by atoms with Gasteiger partial charge in [0.1, 0.15) is 12.6 Å². The Morgan fingerprint density at radius 1 is 0.949 bits per heavy atom. The minimum Gasteiger partial charge on any atom is -0.354 e. The molecule has 0 fully saturated rings. The Morgan fingerprint density at radius 3 is 2.21 bits per heavy atom. The Bertz CT molecular complexity index is 1400. The van der Waals surface area contributed by atoms with Gasteiger partial charge in [-0.25, -0.2) is 8.42 Å². The van der Waals surface area contributed by atoms with Crippen LogP contribution >= 0.6 is 23.2 Å². The number of benzene rings is 3. The number of sulfonamides is 1. The Hall–Kier alpha value is -3.07. The lowest BCUT2D eigenvalue weighted by atomic mass is 10.1. The van der Waals surface area contributed by atoms with E-state index in [1.807, 2.05) is 13.8 Å². The third kappa shape index (κ3) is 8.21. The summed E-state index contributed by atoms with van der Waals surface area (Å²) in [6.07, 6.45) is 1.71. The summed E-state index contributed by atoms with van der Waals surface area (Å²) in [5.74, 6) is -0.877. The van der Waals surface area contributed by atoms with E-state index in [9.17, 15) is 18.0 Å². The Labute approximate surface area is 240 Å². The first-order valence-electron chi connectivity index (χ1n) is 12.7. The lowest BCUT2D eigenvalue weighted by Crippen LogP contribution is -2.51. The van der Waals surface area contributed by atoms with Gasteiger partial charge < -0.3 is 10.2 Å². The quantitative estimate of drug-likeness (QED) is 0.269. The summed E-state index contributed by atoms with van der Waals surface area (Å²) >= 11 is 12.4. The van der Waals surface area contributed by atoms with Crippen LogP contribution in [0, 0.1) is 6.92 Å². The monoisotopic (exact) mass is 589 g/mol. The van der Waals surface area contributed by atoms with Crippen LogP contribution in [0.2, 0.25) is 10.0 Å². The van der Waals surface area contributed by atoms with E-state index in [1.54, 1.807) is 61.5 Å². The SMILES string of the molecule is CCCCNC(=O)C(C)N(Cc1cccc(Cl)c1)C(=O)CN(c1cccc(Cl)c1)S(=O)(=O)c1ccc(C)cc1. The molecule has 0 saturated carbocycles. The van der Waals surface area contributed by atoms with Crippen LogP contribution in [0.4, 0.5) is 5.69 Å². The molecule has 0 aliphatic heterocycles. The van der Waals surface area contributed by atoms with Crippen molar-refractivity contribution in [2.45, 2.75) is 51.1 Å². The lowest BCUT2D eigenvalue weighted by Gasteiger charge is -2.32. The molecule has 2 amide bonds.